The van der Waals surface area contributed by atoms with Gasteiger partial charge in [-0.1, -0.05) is 24.3 Å². The Hall–Kier alpha value is -1.99. The highest BCUT2D eigenvalue weighted by Crippen LogP contribution is 2.10. The summed E-state index contributed by atoms with van der Waals surface area (Å²) in [7, 11) is -1.84. The summed E-state index contributed by atoms with van der Waals surface area (Å²) in [6.07, 6.45) is 3.34. The highest BCUT2D eigenvalue weighted by molar-refractivity contribution is 7.88. The Kier molecular flexibility index (Phi) is 4.87. The van der Waals surface area contributed by atoms with Gasteiger partial charge >= 0.3 is 0 Å². The molecule has 0 bridgehead atoms. The molecule has 0 radical (unpaired) electrons. The zero-order valence-corrected chi connectivity index (χ0v) is 12.8. The van der Waals surface area contributed by atoms with E-state index in [1.807, 2.05) is 25.1 Å². The van der Waals surface area contributed by atoms with Gasteiger partial charge in [0, 0.05) is 12.7 Å². The molecule has 6 nitrogen and oxygen atoms in total. The van der Waals surface area contributed by atoms with Crippen molar-refractivity contribution in [2.45, 2.75) is 19.2 Å². The van der Waals surface area contributed by atoms with Gasteiger partial charge in [0.2, 0.25) is 10.0 Å². The van der Waals surface area contributed by atoms with Crippen LogP contribution in [0.4, 0.5) is 5.82 Å². The fraction of sp³-hybridized carbons (Fsp3) is 0.286. The average molecular weight is 306 g/mol. The van der Waals surface area contributed by atoms with Crippen LogP contribution >= 0.6 is 0 Å². The van der Waals surface area contributed by atoms with Gasteiger partial charge in [-0.05, 0) is 25.1 Å². The van der Waals surface area contributed by atoms with E-state index in [2.05, 4.69) is 20.0 Å². The second kappa shape index (κ2) is 6.64. The molecule has 0 saturated heterocycles. The van der Waals surface area contributed by atoms with E-state index in [4.69, 9.17) is 0 Å². The Morgan fingerprint density at radius 1 is 1.19 bits per heavy atom. The molecule has 0 unspecified atom stereocenters. The third-order valence-corrected chi connectivity index (χ3v) is 4.22. The molecule has 1 aromatic heterocycles. The van der Waals surface area contributed by atoms with Crippen molar-refractivity contribution >= 4 is 15.8 Å². The number of anilines is 1. The van der Waals surface area contributed by atoms with E-state index in [0.717, 1.165) is 16.8 Å². The van der Waals surface area contributed by atoms with Gasteiger partial charge in [0.1, 0.15) is 5.82 Å². The lowest BCUT2D eigenvalue weighted by atomic mass is 10.1. The van der Waals surface area contributed by atoms with E-state index < -0.39 is 10.0 Å². The fourth-order valence-corrected chi connectivity index (χ4v) is 2.62. The predicted molar refractivity (Wildman–Crippen MR) is 82.2 cm³/mol. The van der Waals surface area contributed by atoms with E-state index in [1.165, 1.54) is 7.05 Å². The van der Waals surface area contributed by atoms with Crippen LogP contribution in [0.15, 0.2) is 36.7 Å². The molecule has 0 aliphatic heterocycles. The number of aryl methyl sites for hydroxylation is 1. The largest absolute Gasteiger partial charge is 0.365 e. The molecular weight excluding hydrogens is 288 g/mol. The monoisotopic (exact) mass is 306 g/mol. The van der Waals surface area contributed by atoms with Crippen LogP contribution in [0.3, 0.4) is 0 Å². The summed E-state index contributed by atoms with van der Waals surface area (Å²) in [4.78, 5) is 8.36. The van der Waals surface area contributed by atoms with Crippen molar-refractivity contribution in [3.05, 3.63) is 53.5 Å². The summed E-state index contributed by atoms with van der Waals surface area (Å²) in [5, 5.41) is 3.17. The Labute approximate surface area is 124 Å². The van der Waals surface area contributed by atoms with Crippen LogP contribution in [0.5, 0.6) is 0 Å². The van der Waals surface area contributed by atoms with Crippen molar-refractivity contribution in [2.75, 3.05) is 12.4 Å². The second-order valence-corrected chi connectivity index (χ2v) is 6.61. The maximum absolute atomic E-state index is 11.6. The average Bonchev–Trinajstić information content (AvgIpc) is 2.45. The van der Waals surface area contributed by atoms with Gasteiger partial charge in [-0.25, -0.2) is 18.1 Å². The molecule has 0 fully saturated rings. The van der Waals surface area contributed by atoms with Gasteiger partial charge in [0.25, 0.3) is 0 Å². The van der Waals surface area contributed by atoms with Crippen molar-refractivity contribution in [2.24, 2.45) is 0 Å². The number of rotatable bonds is 6. The first-order chi connectivity index (χ1) is 9.98. The smallest absolute Gasteiger partial charge is 0.215 e. The Morgan fingerprint density at radius 2 is 1.95 bits per heavy atom. The normalized spacial score (nSPS) is 11.3. The van der Waals surface area contributed by atoms with Crippen molar-refractivity contribution in [1.29, 1.82) is 0 Å². The molecule has 2 rings (SSSR count). The lowest BCUT2D eigenvalue weighted by Gasteiger charge is -2.08. The SMILES string of the molecule is CNS(=O)(=O)Cc1cccc(CNc2cncc(C)n2)c1. The zero-order valence-electron chi connectivity index (χ0n) is 12.0. The zero-order chi connectivity index (χ0) is 15.3. The molecule has 0 aliphatic carbocycles. The maximum atomic E-state index is 11.6. The van der Waals surface area contributed by atoms with Crippen LogP contribution in [0, 0.1) is 6.92 Å². The predicted octanol–water partition coefficient (Wildman–Crippen LogP) is 1.45. The third-order valence-electron chi connectivity index (χ3n) is 2.89. The third kappa shape index (κ3) is 4.80. The Balaban J connectivity index is 2.04. The number of aromatic nitrogens is 2. The molecule has 0 aliphatic rings. The summed E-state index contributed by atoms with van der Waals surface area (Å²) in [6.45, 7) is 2.44. The molecule has 7 heteroatoms. The highest BCUT2D eigenvalue weighted by Gasteiger charge is 2.08. The number of nitrogens with one attached hydrogen (secondary N) is 2. The summed E-state index contributed by atoms with van der Waals surface area (Å²) in [5.74, 6) is 0.671. The number of sulfonamides is 1. The lowest BCUT2D eigenvalue weighted by Crippen LogP contribution is -2.20. The summed E-state index contributed by atoms with van der Waals surface area (Å²) in [5.41, 5.74) is 2.58. The lowest BCUT2D eigenvalue weighted by molar-refractivity contribution is 0.587. The number of hydrogen-bond acceptors (Lipinski definition) is 5. The van der Waals surface area contributed by atoms with Crippen molar-refractivity contribution in [1.82, 2.24) is 14.7 Å². The minimum atomic E-state index is -3.25. The first-order valence-electron chi connectivity index (χ1n) is 6.50. The molecule has 112 valence electrons. The molecule has 0 amide bonds. The standard InChI is InChI=1S/C14H18N4O2S/c1-11-7-16-9-14(18-11)17-8-12-4-3-5-13(6-12)10-21(19,20)15-2/h3-7,9,15H,8,10H2,1-2H3,(H,17,18). The van der Waals surface area contributed by atoms with Crippen LogP contribution < -0.4 is 10.0 Å². The first-order valence-corrected chi connectivity index (χ1v) is 8.15. The van der Waals surface area contributed by atoms with E-state index in [1.54, 1.807) is 18.5 Å². The molecule has 21 heavy (non-hydrogen) atoms. The number of hydrogen-bond donors (Lipinski definition) is 2. The first kappa shape index (κ1) is 15.4. The molecule has 0 saturated carbocycles. The quantitative estimate of drug-likeness (QED) is 0.844. The molecule has 0 atom stereocenters. The minimum absolute atomic E-state index is 0.0262. The maximum Gasteiger partial charge on any atom is 0.215 e. The molecule has 2 aromatic rings. The van der Waals surface area contributed by atoms with Gasteiger partial charge in [-0.3, -0.25) is 4.98 Å². The Bertz CT molecular complexity index is 716. The summed E-state index contributed by atoms with van der Waals surface area (Å²) in [6, 6.07) is 7.45. The van der Waals surface area contributed by atoms with Crippen LogP contribution in [-0.4, -0.2) is 25.4 Å². The summed E-state index contributed by atoms with van der Waals surface area (Å²) < 4.78 is 25.4. The van der Waals surface area contributed by atoms with Crippen LogP contribution in [0.1, 0.15) is 16.8 Å². The fourth-order valence-electron chi connectivity index (χ4n) is 1.86. The van der Waals surface area contributed by atoms with E-state index in [-0.39, 0.29) is 5.75 Å². The molecule has 2 N–H and O–H groups in total. The molecule has 1 heterocycles. The van der Waals surface area contributed by atoms with Crippen LogP contribution in [-0.2, 0) is 22.3 Å². The van der Waals surface area contributed by atoms with Gasteiger partial charge in [0.05, 0.1) is 17.6 Å². The van der Waals surface area contributed by atoms with Crippen LogP contribution in [0.25, 0.3) is 0 Å². The van der Waals surface area contributed by atoms with Gasteiger partial charge in [-0.2, -0.15) is 0 Å². The summed E-state index contributed by atoms with van der Waals surface area (Å²) >= 11 is 0. The molecule has 0 spiro atoms. The van der Waals surface area contributed by atoms with Crippen molar-refractivity contribution in [3.63, 3.8) is 0 Å². The van der Waals surface area contributed by atoms with E-state index in [0.29, 0.717) is 12.4 Å². The van der Waals surface area contributed by atoms with Crippen molar-refractivity contribution < 1.29 is 8.42 Å². The van der Waals surface area contributed by atoms with Gasteiger partial charge < -0.3 is 5.32 Å². The van der Waals surface area contributed by atoms with Crippen LogP contribution in [0.2, 0.25) is 0 Å². The van der Waals surface area contributed by atoms with Gasteiger partial charge in [0.15, 0.2) is 0 Å². The van der Waals surface area contributed by atoms with Gasteiger partial charge in [-0.15, -0.1) is 0 Å². The van der Waals surface area contributed by atoms with E-state index in [9.17, 15) is 8.42 Å². The Morgan fingerprint density at radius 3 is 2.67 bits per heavy atom. The second-order valence-electron chi connectivity index (χ2n) is 4.68. The minimum Gasteiger partial charge on any atom is -0.365 e. The van der Waals surface area contributed by atoms with Crippen molar-refractivity contribution in [3.8, 4) is 0 Å². The molecule has 1 aromatic carbocycles. The number of nitrogens with zero attached hydrogens (tertiary/aromatic N) is 2. The molecular formula is C14H18N4O2S. The van der Waals surface area contributed by atoms with E-state index >= 15 is 0 Å². The topological polar surface area (TPSA) is 84.0 Å². The number of benzene rings is 1. The highest BCUT2D eigenvalue weighted by atomic mass is 32.2.